The fraction of sp³-hybridized carbons (Fsp3) is 0.500. The van der Waals surface area contributed by atoms with Crippen molar-refractivity contribution in [2.75, 3.05) is 13.2 Å². The highest BCUT2D eigenvalue weighted by molar-refractivity contribution is 5.71. The molecule has 0 saturated carbocycles. The normalized spacial score (nSPS) is 12.2. The van der Waals surface area contributed by atoms with Crippen molar-refractivity contribution in [2.24, 2.45) is 0 Å². The Balaban J connectivity index is 2.26. The molecule has 18 heavy (non-hydrogen) atoms. The van der Waals surface area contributed by atoms with Gasteiger partial charge < -0.3 is 14.6 Å². The number of ether oxygens (including phenoxy) is 2. The third-order valence-electron chi connectivity index (χ3n) is 2.61. The second-order valence-corrected chi connectivity index (χ2v) is 4.32. The molecule has 4 nitrogen and oxygen atoms in total. The van der Waals surface area contributed by atoms with Crippen LogP contribution in [0.1, 0.15) is 24.5 Å². The van der Waals surface area contributed by atoms with Gasteiger partial charge in [0.15, 0.2) is 6.10 Å². The summed E-state index contributed by atoms with van der Waals surface area (Å²) in [5.41, 5.74) is 2.26. The summed E-state index contributed by atoms with van der Waals surface area (Å²) in [6.45, 7) is 6.45. The Morgan fingerprint density at radius 1 is 1.33 bits per heavy atom. The van der Waals surface area contributed by atoms with Gasteiger partial charge in [0.2, 0.25) is 0 Å². The van der Waals surface area contributed by atoms with Gasteiger partial charge in [-0.15, -0.1) is 0 Å². The molecule has 4 heteroatoms. The molecule has 0 aliphatic carbocycles. The fourth-order valence-electron chi connectivity index (χ4n) is 1.44. The van der Waals surface area contributed by atoms with Crippen molar-refractivity contribution >= 4 is 5.97 Å². The largest absolute Gasteiger partial charge is 0.493 e. The van der Waals surface area contributed by atoms with Gasteiger partial charge in [0, 0.05) is 6.42 Å². The Bertz CT molecular complexity index is 401. The summed E-state index contributed by atoms with van der Waals surface area (Å²) < 4.78 is 10.7. The number of aryl methyl sites for hydroxylation is 2. The Hall–Kier alpha value is -1.55. The second kappa shape index (κ2) is 7.01. The van der Waals surface area contributed by atoms with Gasteiger partial charge in [0.25, 0.3) is 0 Å². The van der Waals surface area contributed by atoms with Gasteiger partial charge in [-0.25, -0.2) is 4.79 Å². The average Bonchev–Trinajstić information content (AvgIpc) is 2.32. The maximum absolute atomic E-state index is 10.5. The highest BCUT2D eigenvalue weighted by Gasteiger charge is 2.10. The van der Waals surface area contributed by atoms with Crippen molar-refractivity contribution < 1.29 is 19.4 Å². The molecule has 0 amide bonds. The topological polar surface area (TPSA) is 55.8 Å². The second-order valence-electron chi connectivity index (χ2n) is 4.32. The van der Waals surface area contributed by atoms with Gasteiger partial charge in [-0.2, -0.15) is 0 Å². The van der Waals surface area contributed by atoms with Crippen molar-refractivity contribution in [1.29, 1.82) is 0 Å². The van der Waals surface area contributed by atoms with Crippen LogP contribution in [0.2, 0.25) is 0 Å². The standard InChI is InChI=1S/C14H20O4/c1-10-5-6-11(2)13(9-10)18-8-4-7-17-12(3)14(15)16/h5-6,9,12H,4,7-8H2,1-3H3,(H,15,16)/t12-/m1/s1. The Morgan fingerprint density at radius 2 is 2.06 bits per heavy atom. The first-order valence-corrected chi connectivity index (χ1v) is 6.05. The molecule has 0 radical (unpaired) electrons. The maximum Gasteiger partial charge on any atom is 0.332 e. The molecule has 0 heterocycles. The highest BCUT2D eigenvalue weighted by Crippen LogP contribution is 2.19. The van der Waals surface area contributed by atoms with Crippen molar-refractivity contribution in [3.05, 3.63) is 29.3 Å². The number of benzene rings is 1. The monoisotopic (exact) mass is 252 g/mol. The number of carbonyl (C=O) groups is 1. The molecule has 1 rings (SSSR count). The van der Waals surface area contributed by atoms with E-state index in [-0.39, 0.29) is 0 Å². The third-order valence-corrected chi connectivity index (χ3v) is 2.61. The molecule has 0 aliphatic rings. The van der Waals surface area contributed by atoms with Gasteiger partial charge in [0.1, 0.15) is 5.75 Å². The molecule has 1 N–H and O–H groups in total. The van der Waals surface area contributed by atoms with Crippen molar-refractivity contribution in [2.45, 2.75) is 33.3 Å². The van der Waals surface area contributed by atoms with E-state index >= 15 is 0 Å². The number of hydrogen-bond donors (Lipinski definition) is 1. The smallest absolute Gasteiger partial charge is 0.332 e. The SMILES string of the molecule is Cc1ccc(C)c(OCCCO[C@H](C)C(=O)O)c1. The minimum absolute atomic E-state index is 0.387. The first kappa shape index (κ1) is 14.5. The van der Waals surface area contributed by atoms with Crippen molar-refractivity contribution in [1.82, 2.24) is 0 Å². The quantitative estimate of drug-likeness (QED) is 0.758. The van der Waals surface area contributed by atoms with Crippen LogP contribution in [0.15, 0.2) is 18.2 Å². The zero-order valence-electron chi connectivity index (χ0n) is 11.1. The molecule has 100 valence electrons. The summed E-state index contributed by atoms with van der Waals surface area (Å²) in [6.07, 6.45) is -0.0870. The van der Waals surface area contributed by atoms with Crippen LogP contribution in [0.5, 0.6) is 5.75 Å². The Morgan fingerprint density at radius 3 is 2.72 bits per heavy atom. The summed E-state index contributed by atoms with van der Waals surface area (Å²) in [5, 5.41) is 8.63. The lowest BCUT2D eigenvalue weighted by Gasteiger charge is -2.11. The summed E-state index contributed by atoms with van der Waals surface area (Å²) in [4.78, 5) is 10.5. The zero-order valence-corrected chi connectivity index (χ0v) is 11.1. The Kier molecular flexibility index (Phi) is 5.65. The number of hydrogen-bond acceptors (Lipinski definition) is 3. The lowest BCUT2D eigenvalue weighted by Crippen LogP contribution is -2.21. The average molecular weight is 252 g/mol. The van der Waals surface area contributed by atoms with E-state index in [4.69, 9.17) is 14.6 Å². The van der Waals surface area contributed by atoms with Crippen LogP contribution in [-0.2, 0) is 9.53 Å². The molecule has 0 spiro atoms. The minimum Gasteiger partial charge on any atom is -0.493 e. The van der Waals surface area contributed by atoms with Gasteiger partial charge in [-0.1, -0.05) is 12.1 Å². The number of rotatable bonds is 7. The van der Waals surface area contributed by atoms with Crippen LogP contribution < -0.4 is 4.74 Å². The molecule has 0 unspecified atom stereocenters. The number of carboxylic acid groups (broad SMARTS) is 1. The van der Waals surface area contributed by atoms with E-state index in [0.29, 0.717) is 19.6 Å². The third kappa shape index (κ3) is 4.75. The van der Waals surface area contributed by atoms with E-state index in [1.165, 1.54) is 6.92 Å². The highest BCUT2D eigenvalue weighted by atomic mass is 16.5. The van der Waals surface area contributed by atoms with Gasteiger partial charge in [0.05, 0.1) is 13.2 Å². The lowest BCUT2D eigenvalue weighted by molar-refractivity contribution is -0.149. The molecule has 0 saturated heterocycles. The molecule has 1 aromatic rings. The van der Waals surface area contributed by atoms with Crippen LogP contribution in [0.3, 0.4) is 0 Å². The molecular weight excluding hydrogens is 232 g/mol. The minimum atomic E-state index is -0.939. The van der Waals surface area contributed by atoms with E-state index in [0.717, 1.165) is 16.9 Å². The zero-order chi connectivity index (χ0) is 13.5. The lowest BCUT2D eigenvalue weighted by atomic mass is 10.1. The van der Waals surface area contributed by atoms with Crippen LogP contribution in [0, 0.1) is 13.8 Å². The molecule has 0 aromatic heterocycles. The number of carboxylic acids is 1. The predicted molar refractivity (Wildman–Crippen MR) is 69.1 cm³/mol. The van der Waals surface area contributed by atoms with E-state index in [2.05, 4.69) is 0 Å². The summed E-state index contributed by atoms with van der Waals surface area (Å²) in [5.74, 6) is -0.0632. The van der Waals surface area contributed by atoms with E-state index in [1.54, 1.807) is 0 Å². The predicted octanol–water partition coefficient (Wildman–Crippen LogP) is 2.56. The van der Waals surface area contributed by atoms with Gasteiger partial charge in [-0.3, -0.25) is 0 Å². The fourth-order valence-corrected chi connectivity index (χ4v) is 1.44. The van der Waals surface area contributed by atoms with Crippen molar-refractivity contribution in [3.63, 3.8) is 0 Å². The van der Waals surface area contributed by atoms with E-state index in [9.17, 15) is 4.79 Å². The van der Waals surface area contributed by atoms with E-state index < -0.39 is 12.1 Å². The van der Waals surface area contributed by atoms with Crippen LogP contribution in [-0.4, -0.2) is 30.4 Å². The summed E-state index contributed by atoms with van der Waals surface area (Å²) >= 11 is 0. The molecule has 0 aliphatic heterocycles. The molecule has 0 bridgehead atoms. The van der Waals surface area contributed by atoms with Gasteiger partial charge in [-0.05, 0) is 38.0 Å². The maximum atomic E-state index is 10.5. The first-order chi connectivity index (χ1) is 8.50. The molecule has 1 aromatic carbocycles. The van der Waals surface area contributed by atoms with Crippen LogP contribution in [0.25, 0.3) is 0 Å². The van der Waals surface area contributed by atoms with Crippen LogP contribution in [0.4, 0.5) is 0 Å². The summed E-state index contributed by atoms with van der Waals surface area (Å²) in [7, 11) is 0. The van der Waals surface area contributed by atoms with Crippen molar-refractivity contribution in [3.8, 4) is 5.75 Å². The molecular formula is C14H20O4. The van der Waals surface area contributed by atoms with E-state index in [1.807, 2.05) is 32.0 Å². The first-order valence-electron chi connectivity index (χ1n) is 6.05. The Labute approximate surface area is 108 Å². The number of aliphatic carboxylic acids is 1. The van der Waals surface area contributed by atoms with Gasteiger partial charge >= 0.3 is 5.97 Å². The molecule has 0 fully saturated rings. The molecule has 1 atom stereocenters. The summed E-state index contributed by atoms with van der Waals surface area (Å²) in [6, 6.07) is 6.06. The van der Waals surface area contributed by atoms with Crippen LogP contribution >= 0.6 is 0 Å².